The molecule has 198 valence electrons. The molecule has 38 heavy (non-hydrogen) atoms. The number of carbonyl (C=O) groups is 1. The summed E-state index contributed by atoms with van der Waals surface area (Å²) in [5.74, 6) is -0.581. The first kappa shape index (κ1) is 27.2. The second-order valence-corrected chi connectivity index (χ2v) is 11.9. The fourth-order valence-electron chi connectivity index (χ4n) is 5.01. The molecule has 2 aromatic heterocycles. The van der Waals surface area contributed by atoms with Gasteiger partial charge in [0.05, 0.1) is 23.0 Å². The van der Waals surface area contributed by atoms with Crippen molar-refractivity contribution in [2.45, 2.75) is 44.3 Å². The number of fused-ring (bicyclic) bond motifs is 1. The number of pyridine rings is 1. The van der Waals surface area contributed by atoms with Crippen molar-refractivity contribution in [3.63, 3.8) is 0 Å². The molecular weight excluding hydrogens is 643 g/mol. The van der Waals surface area contributed by atoms with Gasteiger partial charge in [-0.2, -0.15) is 0 Å². The highest BCUT2D eigenvalue weighted by molar-refractivity contribution is 14.1. The molecule has 0 spiro atoms. The summed E-state index contributed by atoms with van der Waals surface area (Å²) in [6.45, 7) is 0.215. The van der Waals surface area contributed by atoms with Crippen LogP contribution in [0.5, 0.6) is 5.75 Å². The predicted molar refractivity (Wildman–Crippen MR) is 156 cm³/mol. The van der Waals surface area contributed by atoms with Gasteiger partial charge in [0.2, 0.25) is 0 Å². The van der Waals surface area contributed by atoms with E-state index in [1.807, 2.05) is 6.07 Å². The predicted octanol–water partition coefficient (Wildman–Crippen LogP) is 7.42. The number of hydrogen-bond acceptors (Lipinski definition) is 5. The highest BCUT2D eigenvalue weighted by atomic mass is 127. The molecule has 2 heterocycles. The van der Waals surface area contributed by atoms with Gasteiger partial charge in [0.25, 0.3) is 5.91 Å². The molecule has 0 bridgehead atoms. The summed E-state index contributed by atoms with van der Waals surface area (Å²) in [7, 11) is 1.56. The Kier molecular flexibility index (Phi) is 8.18. The lowest BCUT2D eigenvalue weighted by Gasteiger charge is -2.36. The van der Waals surface area contributed by atoms with Crippen LogP contribution >= 0.6 is 45.5 Å². The van der Waals surface area contributed by atoms with Crippen LogP contribution in [-0.2, 0) is 6.54 Å². The number of amides is 1. The van der Waals surface area contributed by atoms with Gasteiger partial charge in [-0.25, -0.2) is 8.78 Å². The molecule has 5 rings (SSSR count). The maximum atomic E-state index is 14.7. The molecule has 0 atom stereocenters. The molecule has 5 nitrogen and oxygen atoms in total. The second-order valence-electron chi connectivity index (χ2n) is 9.36. The lowest BCUT2D eigenvalue weighted by atomic mass is 9.90. The number of nitrogens with zero attached hydrogens (tertiary/aromatic N) is 2. The van der Waals surface area contributed by atoms with Crippen molar-refractivity contribution >= 4 is 61.5 Å². The van der Waals surface area contributed by atoms with E-state index >= 15 is 0 Å². The fourth-order valence-corrected chi connectivity index (χ4v) is 7.29. The zero-order valence-electron chi connectivity index (χ0n) is 20.5. The van der Waals surface area contributed by atoms with Crippen molar-refractivity contribution in [1.29, 1.82) is 0 Å². The average molecular weight is 668 g/mol. The van der Waals surface area contributed by atoms with Crippen molar-refractivity contribution in [2.75, 3.05) is 7.11 Å². The summed E-state index contributed by atoms with van der Waals surface area (Å²) in [4.78, 5) is 20.1. The van der Waals surface area contributed by atoms with Gasteiger partial charge in [0.1, 0.15) is 22.3 Å². The number of aromatic nitrogens is 1. The Labute approximate surface area is 242 Å². The maximum Gasteiger partial charge on any atom is 0.266 e. The standard InChI is InChI=1S/C28H25ClF2IN3O2S/c1-37-23-9-2-15(19-10-11-34-13-21(19)31)12-16(23)14-35(18-5-3-17(33)4-6-18)28(36)27-25(29)24-20(30)7-8-22(32)26(24)38-27/h2,7-13,17-18H,3-6,14,33H2,1H3. The van der Waals surface area contributed by atoms with Crippen molar-refractivity contribution in [2.24, 2.45) is 5.73 Å². The molecule has 0 radical (unpaired) electrons. The topological polar surface area (TPSA) is 68.5 Å². The van der Waals surface area contributed by atoms with Gasteiger partial charge in [0.15, 0.2) is 0 Å². The number of hydrogen-bond donors (Lipinski definition) is 1. The number of benzene rings is 2. The number of carbonyl (C=O) groups excluding carboxylic acids is 1. The molecule has 10 heteroatoms. The number of methoxy groups -OCH3 is 1. The Morgan fingerprint density at radius 1 is 1.18 bits per heavy atom. The molecule has 2 aromatic carbocycles. The van der Waals surface area contributed by atoms with Gasteiger partial charge in [-0.3, -0.25) is 9.78 Å². The number of ether oxygens (including phenoxy) is 1. The van der Waals surface area contributed by atoms with Gasteiger partial charge in [-0.15, -0.1) is 11.3 Å². The third kappa shape index (κ3) is 5.25. The molecule has 1 aliphatic rings. The molecule has 2 N–H and O–H groups in total. The quantitative estimate of drug-likeness (QED) is 0.218. The normalized spacial score (nSPS) is 17.5. The van der Waals surface area contributed by atoms with E-state index in [-0.39, 0.29) is 34.9 Å². The van der Waals surface area contributed by atoms with E-state index in [0.29, 0.717) is 26.5 Å². The summed E-state index contributed by atoms with van der Waals surface area (Å²) < 4.78 is 36.3. The fraction of sp³-hybridized carbons (Fsp3) is 0.286. The Morgan fingerprint density at radius 3 is 2.63 bits per heavy atom. The monoisotopic (exact) mass is 667 g/mol. The van der Waals surface area contributed by atoms with Crippen LogP contribution in [-0.4, -0.2) is 35.0 Å². The van der Waals surface area contributed by atoms with Crippen LogP contribution in [0.3, 0.4) is 0 Å². The third-order valence-corrected chi connectivity index (χ3v) is 9.99. The number of halogens is 4. The lowest BCUT2D eigenvalue weighted by Crippen LogP contribution is -2.43. The van der Waals surface area contributed by atoms with Gasteiger partial charge < -0.3 is 15.4 Å². The van der Waals surface area contributed by atoms with Crippen LogP contribution in [0.15, 0.2) is 48.8 Å². The molecule has 0 saturated heterocycles. The third-order valence-electron chi connectivity index (χ3n) is 7.02. The summed E-state index contributed by atoms with van der Waals surface area (Å²) >= 11 is 9.98. The van der Waals surface area contributed by atoms with Gasteiger partial charge in [-0.05, 0) is 84.2 Å². The van der Waals surface area contributed by atoms with Gasteiger partial charge in [0, 0.05) is 44.9 Å². The minimum atomic E-state index is -0.454. The zero-order valence-corrected chi connectivity index (χ0v) is 24.2. The Hall–Kier alpha value is -2.34. The van der Waals surface area contributed by atoms with E-state index in [1.54, 1.807) is 36.3 Å². The molecule has 4 aromatic rings. The number of rotatable bonds is 6. The first-order valence-electron chi connectivity index (χ1n) is 12.2. The number of nitrogens with two attached hydrogens (primary N) is 1. The number of thiophene rings is 1. The Balaban J connectivity index is 1.58. The maximum absolute atomic E-state index is 14.7. The lowest BCUT2D eigenvalue weighted by molar-refractivity contribution is 0.0610. The van der Waals surface area contributed by atoms with Crippen LogP contribution in [0.4, 0.5) is 8.78 Å². The second kappa shape index (κ2) is 11.4. The van der Waals surface area contributed by atoms with Gasteiger partial charge in [-0.1, -0.05) is 17.7 Å². The summed E-state index contributed by atoms with van der Waals surface area (Å²) in [5.41, 5.74) is 7.94. The van der Waals surface area contributed by atoms with Crippen molar-refractivity contribution in [3.8, 4) is 16.9 Å². The van der Waals surface area contributed by atoms with Crippen LogP contribution in [0.2, 0.25) is 5.02 Å². The minimum absolute atomic E-state index is 0.0847. The molecule has 1 amide bonds. The molecule has 1 fully saturated rings. The molecular formula is C28H25ClF2IN3O2S. The van der Waals surface area contributed by atoms with Crippen LogP contribution in [0, 0.1) is 15.2 Å². The zero-order chi connectivity index (χ0) is 27.0. The first-order chi connectivity index (χ1) is 18.3. The molecule has 1 saturated carbocycles. The smallest absolute Gasteiger partial charge is 0.266 e. The van der Waals surface area contributed by atoms with E-state index in [9.17, 15) is 13.6 Å². The van der Waals surface area contributed by atoms with Crippen molar-refractivity contribution in [1.82, 2.24) is 9.88 Å². The van der Waals surface area contributed by atoms with E-state index in [0.717, 1.165) is 34.8 Å². The summed E-state index contributed by atoms with van der Waals surface area (Å²) in [6.07, 6.45) is 5.77. The Morgan fingerprint density at radius 2 is 1.95 bits per heavy atom. The molecule has 0 unspecified atom stereocenters. The van der Waals surface area contributed by atoms with E-state index < -0.39 is 11.6 Å². The van der Waals surface area contributed by atoms with E-state index in [4.69, 9.17) is 22.1 Å². The van der Waals surface area contributed by atoms with Crippen molar-refractivity contribution in [3.05, 3.63) is 79.5 Å². The van der Waals surface area contributed by atoms with E-state index in [2.05, 4.69) is 27.6 Å². The highest BCUT2D eigenvalue weighted by Gasteiger charge is 2.32. The molecule has 0 aliphatic heterocycles. The minimum Gasteiger partial charge on any atom is -0.496 e. The van der Waals surface area contributed by atoms with Crippen LogP contribution in [0.25, 0.3) is 21.2 Å². The van der Waals surface area contributed by atoms with Crippen LogP contribution < -0.4 is 10.5 Å². The largest absolute Gasteiger partial charge is 0.496 e. The van der Waals surface area contributed by atoms with E-state index in [1.165, 1.54) is 29.8 Å². The average Bonchev–Trinajstić information content (AvgIpc) is 3.28. The molecule has 1 aliphatic carbocycles. The summed E-state index contributed by atoms with van der Waals surface area (Å²) in [6, 6.07) is 10.0. The van der Waals surface area contributed by atoms with Gasteiger partial charge >= 0.3 is 0 Å². The summed E-state index contributed by atoms with van der Waals surface area (Å²) in [5, 5.41) is 0.397. The highest BCUT2D eigenvalue weighted by Crippen LogP contribution is 2.41. The SMILES string of the molecule is COc1ccc(-c2ccncc2F)cc1CN(C(=O)c1sc2c(I)ccc(F)c2c1Cl)C1CCC(N)CC1. The first-order valence-corrected chi connectivity index (χ1v) is 14.4. The van der Waals surface area contributed by atoms with Crippen molar-refractivity contribution < 1.29 is 18.3 Å². The van der Waals surface area contributed by atoms with Crippen LogP contribution in [0.1, 0.15) is 40.9 Å². The Bertz CT molecular complexity index is 1510.